The molecule has 1 aromatic rings. The van der Waals surface area contributed by atoms with Crippen molar-refractivity contribution in [3.05, 3.63) is 23.3 Å². The topological polar surface area (TPSA) is 35.5 Å². The summed E-state index contributed by atoms with van der Waals surface area (Å²) in [5.41, 5.74) is -0.596. The molecule has 0 radical (unpaired) electrons. The third-order valence-electron chi connectivity index (χ3n) is 2.42. The molecular formula is C12H13F3O3. The summed E-state index contributed by atoms with van der Waals surface area (Å²) in [5, 5.41) is 0. The quantitative estimate of drug-likeness (QED) is 0.765. The average molecular weight is 262 g/mol. The number of carbonyl (C=O) groups is 1. The normalized spacial score (nSPS) is 11.2. The Morgan fingerprint density at radius 3 is 2.33 bits per heavy atom. The van der Waals surface area contributed by atoms with Crippen LogP contribution in [0.15, 0.2) is 12.1 Å². The number of alkyl halides is 3. The molecule has 0 spiro atoms. The number of aldehydes is 1. The Hall–Kier alpha value is -1.72. The molecule has 0 heterocycles. The van der Waals surface area contributed by atoms with Crippen LogP contribution in [0, 0.1) is 0 Å². The summed E-state index contributed by atoms with van der Waals surface area (Å²) < 4.78 is 48.2. The summed E-state index contributed by atoms with van der Waals surface area (Å²) in [6.07, 6.45) is -3.59. The molecule has 100 valence electrons. The van der Waals surface area contributed by atoms with Gasteiger partial charge in [-0.05, 0) is 24.1 Å². The number of aryl methyl sites for hydroxylation is 1. The van der Waals surface area contributed by atoms with Gasteiger partial charge in [-0.1, -0.05) is 0 Å². The first-order valence-corrected chi connectivity index (χ1v) is 5.19. The van der Waals surface area contributed by atoms with Crippen molar-refractivity contribution < 1.29 is 27.4 Å². The van der Waals surface area contributed by atoms with Crippen LogP contribution in [0.4, 0.5) is 13.2 Å². The standard InChI is InChI=1S/C12H13F3O3/c1-17-9-6-8(4-3-5-16)11(18-2)10(7-9)12(13,14)15/h5-7H,3-4H2,1-2H3. The molecule has 0 aliphatic heterocycles. The van der Waals surface area contributed by atoms with Gasteiger partial charge in [-0.15, -0.1) is 0 Å². The van der Waals surface area contributed by atoms with Gasteiger partial charge in [-0.2, -0.15) is 13.2 Å². The molecule has 0 aliphatic carbocycles. The Kier molecular flexibility index (Phi) is 4.58. The molecule has 0 saturated heterocycles. The second kappa shape index (κ2) is 5.75. The highest BCUT2D eigenvalue weighted by Gasteiger charge is 2.36. The van der Waals surface area contributed by atoms with E-state index in [0.29, 0.717) is 11.8 Å². The minimum absolute atomic E-state index is 0.0871. The van der Waals surface area contributed by atoms with Crippen molar-refractivity contribution in [1.29, 1.82) is 0 Å². The Morgan fingerprint density at radius 2 is 1.89 bits per heavy atom. The van der Waals surface area contributed by atoms with E-state index in [1.165, 1.54) is 20.3 Å². The zero-order valence-electron chi connectivity index (χ0n) is 10.0. The van der Waals surface area contributed by atoms with Gasteiger partial charge in [-0.3, -0.25) is 0 Å². The highest BCUT2D eigenvalue weighted by atomic mass is 19.4. The monoisotopic (exact) mass is 262 g/mol. The highest BCUT2D eigenvalue weighted by molar-refractivity contribution is 5.53. The van der Waals surface area contributed by atoms with E-state index in [9.17, 15) is 18.0 Å². The number of hydrogen-bond acceptors (Lipinski definition) is 3. The highest BCUT2D eigenvalue weighted by Crippen LogP contribution is 2.41. The fourth-order valence-electron chi connectivity index (χ4n) is 1.63. The van der Waals surface area contributed by atoms with Crippen LogP contribution in [0.1, 0.15) is 17.5 Å². The minimum Gasteiger partial charge on any atom is -0.497 e. The lowest BCUT2D eigenvalue weighted by Gasteiger charge is -2.17. The lowest BCUT2D eigenvalue weighted by atomic mass is 10.0. The Morgan fingerprint density at radius 1 is 1.22 bits per heavy atom. The number of benzene rings is 1. The van der Waals surface area contributed by atoms with Crippen LogP contribution in [0.5, 0.6) is 11.5 Å². The second-order valence-corrected chi connectivity index (χ2v) is 3.57. The van der Waals surface area contributed by atoms with Gasteiger partial charge in [-0.25, -0.2) is 0 Å². The smallest absolute Gasteiger partial charge is 0.420 e. The van der Waals surface area contributed by atoms with E-state index in [2.05, 4.69) is 0 Å². The molecule has 0 amide bonds. The predicted octanol–water partition coefficient (Wildman–Crippen LogP) is 2.85. The van der Waals surface area contributed by atoms with Crippen molar-refractivity contribution in [2.75, 3.05) is 14.2 Å². The van der Waals surface area contributed by atoms with E-state index in [1.807, 2.05) is 0 Å². The maximum atomic E-state index is 12.8. The van der Waals surface area contributed by atoms with Crippen molar-refractivity contribution in [2.24, 2.45) is 0 Å². The predicted molar refractivity (Wildman–Crippen MR) is 58.9 cm³/mol. The van der Waals surface area contributed by atoms with Crippen molar-refractivity contribution in [1.82, 2.24) is 0 Å². The summed E-state index contributed by atoms with van der Waals surface area (Å²) in [6, 6.07) is 2.32. The molecule has 0 aromatic heterocycles. The van der Waals surface area contributed by atoms with Crippen LogP contribution in [0.25, 0.3) is 0 Å². The van der Waals surface area contributed by atoms with E-state index >= 15 is 0 Å². The molecule has 0 N–H and O–H groups in total. The van der Waals surface area contributed by atoms with Crippen LogP contribution in [-0.2, 0) is 17.4 Å². The molecule has 0 unspecified atom stereocenters. The zero-order valence-corrected chi connectivity index (χ0v) is 10.0. The molecular weight excluding hydrogens is 249 g/mol. The largest absolute Gasteiger partial charge is 0.497 e. The maximum Gasteiger partial charge on any atom is 0.420 e. The number of halogens is 3. The first kappa shape index (κ1) is 14.3. The average Bonchev–Trinajstić information content (AvgIpc) is 2.33. The van der Waals surface area contributed by atoms with Crippen LogP contribution >= 0.6 is 0 Å². The second-order valence-electron chi connectivity index (χ2n) is 3.57. The number of carbonyl (C=O) groups excluding carboxylic acids is 1. The molecule has 0 fully saturated rings. The molecule has 0 bridgehead atoms. The van der Waals surface area contributed by atoms with E-state index in [-0.39, 0.29) is 24.3 Å². The molecule has 18 heavy (non-hydrogen) atoms. The molecule has 3 nitrogen and oxygen atoms in total. The van der Waals surface area contributed by atoms with E-state index < -0.39 is 11.7 Å². The summed E-state index contributed by atoms with van der Waals surface area (Å²) in [4.78, 5) is 10.3. The SMILES string of the molecule is COc1cc(CCC=O)c(OC)c(C(F)(F)F)c1. The van der Waals surface area contributed by atoms with E-state index in [1.54, 1.807) is 0 Å². The van der Waals surface area contributed by atoms with Gasteiger partial charge in [0.05, 0.1) is 14.2 Å². The summed E-state index contributed by atoms with van der Waals surface area (Å²) in [5.74, 6) is -0.172. The summed E-state index contributed by atoms with van der Waals surface area (Å²) >= 11 is 0. The van der Waals surface area contributed by atoms with Gasteiger partial charge in [0.1, 0.15) is 23.3 Å². The Labute approximate surface area is 103 Å². The zero-order chi connectivity index (χ0) is 13.8. The summed E-state index contributed by atoms with van der Waals surface area (Å²) in [7, 11) is 2.45. The van der Waals surface area contributed by atoms with Crippen molar-refractivity contribution in [3.63, 3.8) is 0 Å². The molecule has 1 rings (SSSR count). The third kappa shape index (κ3) is 3.15. The van der Waals surface area contributed by atoms with Gasteiger partial charge in [0, 0.05) is 6.42 Å². The number of methoxy groups -OCH3 is 2. The molecule has 0 saturated carbocycles. The first-order chi connectivity index (χ1) is 8.43. The Bertz CT molecular complexity index is 427. The maximum absolute atomic E-state index is 12.8. The fourth-order valence-corrected chi connectivity index (χ4v) is 1.63. The lowest BCUT2D eigenvalue weighted by Crippen LogP contribution is -2.10. The van der Waals surface area contributed by atoms with Gasteiger partial charge in [0.15, 0.2) is 0 Å². The number of rotatable bonds is 5. The van der Waals surface area contributed by atoms with E-state index in [4.69, 9.17) is 9.47 Å². The minimum atomic E-state index is -4.53. The van der Waals surface area contributed by atoms with Gasteiger partial charge < -0.3 is 14.3 Å². The molecule has 0 aliphatic rings. The lowest BCUT2D eigenvalue weighted by molar-refractivity contribution is -0.138. The molecule has 6 heteroatoms. The van der Waals surface area contributed by atoms with Crippen molar-refractivity contribution >= 4 is 6.29 Å². The van der Waals surface area contributed by atoms with Gasteiger partial charge >= 0.3 is 6.18 Å². The molecule has 0 atom stereocenters. The van der Waals surface area contributed by atoms with Crippen molar-refractivity contribution in [3.8, 4) is 11.5 Å². The van der Waals surface area contributed by atoms with Gasteiger partial charge in [0.25, 0.3) is 0 Å². The van der Waals surface area contributed by atoms with E-state index in [0.717, 1.165) is 6.07 Å². The van der Waals surface area contributed by atoms with Crippen LogP contribution in [0.2, 0.25) is 0 Å². The molecule has 1 aromatic carbocycles. The van der Waals surface area contributed by atoms with Crippen LogP contribution in [0.3, 0.4) is 0 Å². The Balaban J connectivity index is 3.34. The first-order valence-electron chi connectivity index (χ1n) is 5.19. The number of hydrogen-bond donors (Lipinski definition) is 0. The van der Waals surface area contributed by atoms with Crippen LogP contribution < -0.4 is 9.47 Å². The third-order valence-corrected chi connectivity index (χ3v) is 2.42. The fraction of sp³-hybridized carbons (Fsp3) is 0.417. The van der Waals surface area contributed by atoms with Gasteiger partial charge in [0.2, 0.25) is 0 Å². The number of ether oxygens (including phenoxy) is 2. The van der Waals surface area contributed by atoms with Crippen LogP contribution in [-0.4, -0.2) is 20.5 Å². The van der Waals surface area contributed by atoms with Crippen molar-refractivity contribution in [2.45, 2.75) is 19.0 Å². The summed E-state index contributed by atoms with van der Waals surface area (Å²) in [6.45, 7) is 0.